The summed E-state index contributed by atoms with van der Waals surface area (Å²) in [5.74, 6) is 0.990. The number of aryl methyl sites for hydroxylation is 1. The lowest BCUT2D eigenvalue weighted by Crippen LogP contribution is -2.13. The highest BCUT2D eigenvalue weighted by molar-refractivity contribution is 7.07. The van der Waals surface area contributed by atoms with Gasteiger partial charge >= 0.3 is 0 Å². The third-order valence-corrected chi connectivity index (χ3v) is 6.43. The number of hydrogen-bond acceptors (Lipinski definition) is 4. The molecule has 0 N–H and O–H groups in total. The fourth-order valence-corrected chi connectivity index (χ4v) is 4.54. The van der Waals surface area contributed by atoms with Gasteiger partial charge in [0.15, 0.2) is 0 Å². The van der Waals surface area contributed by atoms with Crippen molar-refractivity contribution in [2.24, 2.45) is 10.1 Å². The zero-order valence-corrected chi connectivity index (χ0v) is 20.1. The summed E-state index contributed by atoms with van der Waals surface area (Å²) in [6.07, 6.45) is 2.55. The molecule has 4 nitrogen and oxygen atoms in total. The second-order valence-corrected chi connectivity index (χ2v) is 8.99. The molecule has 2 heterocycles. The van der Waals surface area contributed by atoms with Crippen molar-refractivity contribution in [3.05, 3.63) is 124 Å². The van der Waals surface area contributed by atoms with Gasteiger partial charge in [0.05, 0.1) is 11.9 Å². The molecule has 0 bridgehead atoms. The third-order valence-electron chi connectivity index (χ3n) is 5.58. The molecule has 0 unspecified atom stereocenters. The van der Waals surface area contributed by atoms with Crippen LogP contribution in [0.25, 0.3) is 22.6 Å². The van der Waals surface area contributed by atoms with Gasteiger partial charge in [-0.15, -0.1) is 11.3 Å². The minimum atomic E-state index is -0.275. The number of halogens is 1. The van der Waals surface area contributed by atoms with E-state index in [1.54, 1.807) is 29.7 Å². The van der Waals surface area contributed by atoms with Crippen LogP contribution in [0.4, 0.5) is 4.39 Å². The number of benzene rings is 3. The van der Waals surface area contributed by atoms with E-state index in [1.165, 1.54) is 23.3 Å². The number of hydrogen-bond donors (Lipinski definition) is 0. The van der Waals surface area contributed by atoms with Crippen molar-refractivity contribution in [3.8, 4) is 22.6 Å². The van der Waals surface area contributed by atoms with Crippen molar-refractivity contribution < 1.29 is 8.81 Å². The number of rotatable bonds is 7. The first kappa shape index (κ1) is 22.7. The second-order valence-electron chi connectivity index (χ2n) is 8.15. The molecule has 0 saturated carbocycles. The molecular weight excluding hydrogens is 457 g/mol. The van der Waals surface area contributed by atoms with E-state index >= 15 is 0 Å². The Balaban J connectivity index is 1.45. The lowest BCUT2D eigenvalue weighted by molar-refractivity contribution is 0.573. The van der Waals surface area contributed by atoms with Crippen LogP contribution < -0.4 is 4.80 Å². The van der Waals surface area contributed by atoms with Crippen molar-refractivity contribution in [1.29, 1.82) is 0 Å². The molecular formula is C29H24FN3OS. The first-order valence-corrected chi connectivity index (χ1v) is 12.3. The first-order valence-electron chi connectivity index (χ1n) is 11.4. The molecule has 35 heavy (non-hydrogen) atoms. The number of thiazole rings is 1. The summed E-state index contributed by atoms with van der Waals surface area (Å²) in [5, 5.41) is 6.82. The van der Waals surface area contributed by atoms with Crippen LogP contribution in [0.1, 0.15) is 16.9 Å². The maximum absolute atomic E-state index is 13.2. The minimum Gasteiger partial charge on any atom is -0.455 e. The normalized spacial score (nSPS) is 12.0. The Hall–Kier alpha value is -4.03. The van der Waals surface area contributed by atoms with Crippen LogP contribution in [0.5, 0.6) is 0 Å². The molecule has 2 aromatic heterocycles. The average Bonchev–Trinajstić information content (AvgIpc) is 3.52. The highest BCUT2D eigenvalue weighted by Gasteiger charge is 2.09. The molecule has 0 atom stereocenters. The maximum atomic E-state index is 13.2. The van der Waals surface area contributed by atoms with Gasteiger partial charge in [-0.05, 0) is 55.3 Å². The fourth-order valence-electron chi connectivity index (χ4n) is 3.67. The Bertz CT molecular complexity index is 1490. The van der Waals surface area contributed by atoms with Crippen LogP contribution in [0.15, 0.2) is 111 Å². The van der Waals surface area contributed by atoms with Gasteiger partial charge in [0.2, 0.25) is 4.80 Å². The van der Waals surface area contributed by atoms with Crippen LogP contribution in [0.2, 0.25) is 0 Å². The molecule has 0 radical (unpaired) electrons. The Morgan fingerprint density at radius 2 is 1.63 bits per heavy atom. The van der Waals surface area contributed by atoms with Gasteiger partial charge < -0.3 is 4.42 Å². The van der Waals surface area contributed by atoms with Crippen LogP contribution in [-0.4, -0.2) is 17.4 Å². The van der Waals surface area contributed by atoms with E-state index in [4.69, 9.17) is 14.5 Å². The molecule has 0 aliphatic heterocycles. The zero-order chi connectivity index (χ0) is 24.0. The van der Waals surface area contributed by atoms with Crippen LogP contribution in [0.3, 0.4) is 0 Å². The maximum Gasteiger partial charge on any atom is 0.206 e. The Morgan fingerprint density at radius 1 is 0.886 bits per heavy atom. The summed E-state index contributed by atoms with van der Waals surface area (Å²) in [6, 6.07) is 28.7. The lowest BCUT2D eigenvalue weighted by Gasteiger charge is -2.04. The molecule has 0 spiro atoms. The third kappa shape index (κ3) is 5.55. The van der Waals surface area contributed by atoms with E-state index in [2.05, 4.69) is 48.7 Å². The Kier molecular flexibility index (Phi) is 6.82. The van der Waals surface area contributed by atoms with E-state index in [-0.39, 0.29) is 5.82 Å². The molecule has 3 aromatic carbocycles. The van der Waals surface area contributed by atoms with Gasteiger partial charge in [-0.25, -0.2) is 9.07 Å². The number of nitrogens with zero attached hydrogens (tertiary/aromatic N) is 3. The molecule has 0 saturated heterocycles. The van der Waals surface area contributed by atoms with Crippen LogP contribution in [-0.2, 0) is 6.42 Å². The van der Waals surface area contributed by atoms with Crippen molar-refractivity contribution >= 4 is 17.6 Å². The summed E-state index contributed by atoms with van der Waals surface area (Å²) in [5.41, 5.74) is 5.31. The van der Waals surface area contributed by atoms with Crippen molar-refractivity contribution in [2.75, 3.05) is 6.54 Å². The molecule has 174 valence electrons. The summed E-state index contributed by atoms with van der Waals surface area (Å²) in [4.78, 5) is 5.66. The van der Waals surface area contributed by atoms with Gasteiger partial charge in [0.25, 0.3) is 0 Å². The average molecular weight is 482 g/mol. The van der Waals surface area contributed by atoms with Crippen molar-refractivity contribution in [3.63, 3.8) is 0 Å². The fraction of sp³-hybridized carbons (Fsp3) is 0.103. The lowest BCUT2D eigenvalue weighted by atomic mass is 10.1. The van der Waals surface area contributed by atoms with E-state index in [0.29, 0.717) is 18.1 Å². The van der Waals surface area contributed by atoms with Crippen LogP contribution in [0, 0.1) is 12.7 Å². The molecule has 0 aliphatic carbocycles. The van der Waals surface area contributed by atoms with Gasteiger partial charge in [-0.3, -0.25) is 4.99 Å². The summed E-state index contributed by atoms with van der Waals surface area (Å²) < 4.78 is 21.0. The molecule has 0 aliphatic rings. The van der Waals surface area contributed by atoms with Crippen molar-refractivity contribution in [2.45, 2.75) is 13.3 Å². The van der Waals surface area contributed by atoms with Gasteiger partial charge in [-0.2, -0.15) is 5.10 Å². The molecule has 6 heteroatoms. The highest BCUT2D eigenvalue weighted by Crippen LogP contribution is 2.23. The number of furan rings is 1. The van der Waals surface area contributed by atoms with Gasteiger partial charge in [0.1, 0.15) is 17.3 Å². The Labute approximate surface area is 207 Å². The molecule has 0 amide bonds. The highest BCUT2D eigenvalue weighted by atomic mass is 32.1. The number of aromatic nitrogens is 1. The monoisotopic (exact) mass is 481 g/mol. The second kappa shape index (κ2) is 10.5. The standard InChI is InChI=1S/C29H24FN3OS/c1-21-7-9-23(10-8-21)27-20-35-29(31-18-17-22-5-3-2-4-6-22)33(27)32-19-26-15-16-28(34-26)24-11-13-25(30)14-12-24/h2-16,19-20H,17-18H2,1H3/b31-29?,32-19-. The van der Waals surface area contributed by atoms with E-state index in [9.17, 15) is 4.39 Å². The van der Waals surface area contributed by atoms with Gasteiger partial charge in [-0.1, -0.05) is 60.2 Å². The van der Waals surface area contributed by atoms with Gasteiger partial charge in [0, 0.05) is 23.1 Å². The summed E-state index contributed by atoms with van der Waals surface area (Å²) in [6.45, 7) is 2.74. The summed E-state index contributed by atoms with van der Waals surface area (Å²) in [7, 11) is 0. The van der Waals surface area contributed by atoms with E-state index in [0.717, 1.165) is 28.0 Å². The predicted molar refractivity (Wildman–Crippen MR) is 140 cm³/mol. The minimum absolute atomic E-state index is 0.275. The zero-order valence-electron chi connectivity index (χ0n) is 19.3. The Morgan fingerprint density at radius 3 is 2.40 bits per heavy atom. The topological polar surface area (TPSA) is 42.8 Å². The molecule has 5 aromatic rings. The molecule has 5 rings (SSSR count). The predicted octanol–water partition coefficient (Wildman–Crippen LogP) is 6.95. The van der Waals surface area contributed by atoms with Crippen LogP contribution >= 0.6 is 11.3 Å². The quantitative estimate of drug-likeness (QED) is 0.232. The largest absolute Gasteiger partial charge is 0.455 e. The molecule has 0 fully saturated rings. The SMILES string of the molecule is Cc1ccc(-c2csc(=NCCc3ccccc3)n2/N=C\c2ccc(-c3ccc(F)cc3)o2)cc1. The van der Waals surface area contributed by atoms with E-state index < -0.39 is 0 Å². The first-order chi connectivity index (χ1) is 17.2. The van der Waals surface area contributed by atoms with E-state index in [1.807, 2.05) is 35.0 Å². The smallest absolute Gasteiger partial charge is 0.206 e. The van der Waals surface area contributed by atoms with Crippen molar-refractivity contribution in [1.82, 2.24) is 4.68 Å². The summed E-state index contributed by atoms with van der Waals surface area (Å²) >= 11 is 1.57.